The molecule has 0 aromatic heterocycles. The molecule has 0 aliphatic heterocycles. The van der Waals surface area contributed by atoms with Crippen molar-refractivity contribution in [2.75, 3.05) is 0 Å². The van der Waals surface area contributed by atoms with Gasteiger partial charge in [0.25, 0.3) is 0 Å². The predicted molar refractivity (Wildman–Crippen MR) is 74.7 cm³/mol. The zero-order valence-corrected chi connectivity index (χ0v) is 11.5. The summed E-state index contributed by atoms with van der Waals surface area (Å²) in [5.41, 5.74) is 1.01. The van der Waals surface area contributed by atoms with Gasteiger partial charge in [-0.05, 0) is 36.5 Å². The molecule has 1 aromatic rings. The van der Waals surface area contributed by atoms with Crippen molar-refractivity contribution in [3.63, 3.8) is 0 Å². The van der Waals surface area contributed by atoms with Crippen LogP contribution in [0.15, 0.2) is 24.3 Å². The van der Waals surface area contributed by atoms with E-state index in [0.717, 1.165) is 12.0 Å². The van der Waals surface area contributed by atoms with Crippen LogP contribution in [0, 0.1) is 5.92 Å². The van der Waals surface area contributed by atoms with E-state index in [1.54, 1.807) is 0 Å². The lowest BCUT2D eigenvalue weighted by Crippen LogP contribution is -2.41. The molecule has 0 radical (unpaired) electrons. The number of rotatable bonds is 3. The highest BCUT2D eigenvalue weighted by Gasteiger charge is 2.22. The van der Waals surface area contributed by atoms with E-state index in [1.807, 2.05) is 24.3 Å². The Labute approximate surface area is 114 Å². The first-order valence-corrected chi connectivity index (χ1v) is 7.07. The minimum Gasteiger partial charge on any atom is -0.353 e. The van der Waals surface area contributed by atoms with E-state index < -0.39 is 0 Å². The van der Waals surface area contributed by atoms with Crippen molar-refractivity contribution < 1.29 is 4.79 Å². The number of carbonyl (C=O) groups is 1. The van der Waals surface area contributed by atoms with Crippen molar-refractivity contribution in [3.05, 3.63) is 34.9 Å². The first-order valence-electron chi connectivity index (χ1n) is 6.69. The molecule has 2 atom stereocenters. The Balaban J connectivity index is 1.86. The Kier molecular flexibility index (Phi) is 4.65. The van der Waals surface area contributed by atoms with Crippen molar-refractivity contribution in [3.8, 4) is 0 Å². The Hall–Kier alpha value is -1.02. The van der Waals surface area contributed by atoms with E-state index in [9.17, 15) is 4.79 Å². The lowest BCUT2D eigenvalue weighted by molar-refractivity contribution is -0.121. The predicted octanol–water partition coefficient (Wildman–Crippen LogP) is 3.58. The van der Waals surface area contributed by atoms with Crippen LogP contribution in [-0.4, -0.2) is 11.9 Å². The van der Waals surface area contributed by atoms with Crippen LogP contribution in [0.5, 0.6) is 0 Å². The lowest BCUT2D eigenvalue weighted by Gasteiger charge is -2.29. The molecule has 0 unspecified atom stereocenters. The highest BCUT2D eigenvalue weighted by Crippen LogP contribution is 2.23. The standard InChI is InChI=1S/C15H20ClNO/c1-11-4-2-3-5-14(11)17-15(18)10-12-6-8-13(16)9-7-12/h6-9,11,14H,2-5,10H2,1H3,(H,17,18)/t11-,14-/m1/s1. The van der Waals surface area contributed by atoms with E-state index in [4.69, 9.17) is 11.6 Å². The SMILES string of the molecule is C[C@@H]1CCCC[C@H]1NC(=O)Cc1ccc(Cl)cc1. The minimum absolute atomic E-state index is 0.121. The molecule has 1 aliphatic rings. The normalized spacial score (nSPS) is 23.7. The van der Waals surface area contributed by atoms with Crippen LogP contribution >= 0.6 is 11.6 Å². The fraction of sp³-hybridized carbons (Fsp3) is 0.533. The molecule has 3 heteroatoms. The zero-order chi connectivity index (χ0) is 13.0. The maximum atomic E-state index is 12.0. The highest BCUT2D eigenvalue weighted by molar-refractivity contribution is 6.30. The summed E-state index contributed by atoms with van der Waals surface area (Å²) in [5.74, 6) is 0.726. The summed E-state index contributed by atoms with van der Waals surface area (Å²) < 4.78 is 0. The second-order valence-corrected chi connectivity index (χ2v) is 5.68. The molecule has 1 aromatic carbocycles. The molecule has 0 spiro atoms. The summed E-state index contributed by atoms with van der Waals surface area (Å²) in [6, 6.07) is 7.83. The summed E-state index contributed by atoms with van der Waals surface area (Å²) in [5, 5.41) is 3.87. The van der Waals surface area contributed by atoms with Gasteiger partial charge in [-0.2, -0.15) is 0 Å². The van der Waals surface area contributed by atoms with Gasteiger partial charge in [-0.3, -0.25) is 4.79 Å². The van der Waals surface area contributed by atoms with Crippen LogP contribution in [0.1, 0.15) is 38.2 Å². The number of halogens is 1. The number of benzene rings is 1. The lowest BCUT2D eigenvalue weighted by atomic mass is 9.86. The van der Waals surface area contributed by atoms with Gasteiger partial charge in [0.1, 0.15) is 0 Å². The van der Waals surface area contributed by atoms with Crippen molar-refractivity contribution in [1.29, 1.82) is 0 Å². The topological polar surface area (TPSA) is 29.1 Å². The maximum Gasteiger partial charge on any atom is 0.224 e. The van der Waals surface area contributed by atoms with Crippen molar-refractivity contribution in [2.45, 2.75) is 45.1 Å². The van der Waals surface area contributed by atoms with Crippen LogP contribution in [0.25, 0.3) is 0 Å². The quantitative estimate of drug-likeness (QED) is 0.889. The molecule has 1 aliphatic carbocycles. The maximum absolute atomic E-state index is 12.0. The molecule has 2 nitrogen and oxygen atoms in total. The van der Waals surface area contributed by atoms with Gasteiger partial charge in [-0.15, -0.1) is 0 Å². The Morgan fingerprint density at radius 1 is 1.28 bits per heavy atom. The van der Waals surface area contributed by atoms with E-state index in [1.165, 1.54) is 19.3 Å². The van der Waals surface area contributed by atoms with Gasteiger partial charge in [0, 0.05) is 11.1 Å². The second kappa shape index (κ2) is 6.24. The number of carbonyl (C=O) groups excluding carboxylic acids is 1. The van der Waals surface area contributed by atoms with Crippen LogP contribution < -0.4 is 5.32 Å². The zero-order valence-electron chi connectivity index (χ0n) is 10.8. The van der Waals surface area contributed by atoms with Crippen molar-refractivity contribution >= 4 is 17.5 Å². The van der Waals surface area contributed by atoms with Crippen molar-refractivity contribution in [2.24, 2.45) is 5.92 Å². The van der Waals surface area contributed by atoms with Gasteiger partial charge in [0.05, 0.1) is 6.42 Å². The molecule has 2 rings (SSSR count). The molecule has 1 N–H and O–H groups in total. The summed E-state index contributed by atoms with van der Waals surface area (Å²) in [6.07, 6.45) is 5.32. The Morgan fingerprint density at radius 3 is 2.61 bits per heavy atom. The Bertz CT molecular complexity index is 401. The minimum atomic E-state index is 0.121. The monoisotopic (exact) mass is 265 g/mol. The third-order valence-corrected chi connectivity index (χ3v) is 3.99. The molecule has 1 fully saturated rings. The fourth-order valence-electron chi connectivity index (χ4n) is 2.58. The average Bonchev–Trinajstić information content (AvgIpc) is 2.35. The molecule has 18 heavy (non-hydrogen) atoms. The highest BCUT2D eigenvalue weighted by atomic mass is 35.5. The van der Waals surface area contributed by atoms with Crippen LogP contribution in [0.3, 0.4) is 0 Å². The number of nitrogens with one attached hydrogen (secondary N) is 1. The Morgan fingerprint density at radius 2 is 1.94 bits per heavy atom. The molecule has 98 valence electrons. The van der Waals surface area contributed by atoms with E-state index in [2.05, 4.69) is 12.2 Å². The van der Waals surface area contributed by atoms with Crippen LogP contribution in [-0.2, 0) is 11.2 Å². The van der Waals surface area contributed by atoms with Crippen LogP contribution in [0.4, 0.5) is 0 Å². The third-order valence-electron chi connectivity index (χ3n) is 3.74. The van der Waals surface area contributed by atoms with Crippen molar-refractivity contribution in [1.82, 2.24) is 5.32 Å². The van der Waals surface area contributed by atoms with E-state index in [-0.39, 0.29) is 5.91 Å². The first-order chi connectivity index (χ1) is 8.65. The summed E-state index contributed by atoms with van der Waals surface area (Å²) in [7, 11) is 0. The van der Waals surface area contributed by atoms with Gasteiger partial charge >= 0.3 is 0 Å². The average molecular weight is 266 g/mol. The van der Waals surface area contributed by atoms with Gasteiger partial charge < -0.3 is 5.32 Å². The molecule has 1 amide bonds. The molecule has 0 heterocycles. The molecular weight excluding hydrogens is 246 g/mol. The molecule has 0 saturated heterocycles. The third kappa shape index (κ3) is 3.74. The van der Waals surface area contributed by atoms with Crippen LogP contribution in [0.2, 0.25) is 5.02 Å². The summed E-state index contributed by atoms with van der Waals surface area (Å²) in [6.45, 7) is 2.23. The number of hydrogen-bond donors (Lipinski definition) is 1. The van der Waals surface area contributed by atoms with E-state index >= 15 is 0 Å². The first kappa shape index (κ1) is 13.4. The summed E-state index contributed by atoms with van der Waals surface area (Å²) >= 11 is 5.82. The second-order valence-electron chi connectivity index (χ2n) is 5.24. The molecule has 1 saturated carbocycles. The summed E-state index contributed by atoms with van der Waals surface area (Å²) in [4.78, 5) is 12.0. The number of amides is 1. The van der Waals surface area contributed by atoms with Gasteiger partial charge in [-0.25, -0.2) is 0 Å². The fourth-order valence-corrected chi connectivity index (χ4v) is 2.70. The van der Waals surface area contributed by atoms with Gasteiger partial charge in [0.2, 0.25) is 5.91 Å². The smallest absolute Gasteiger partial charge is 0.224 e. The molecule has 0 bridgehead atoms. The van der Waals surface area contributed by atoms with E-state index in [0.29, 0.717) is 23.4 Å². The van der Waals surface area contributed by atoms with Gasteiger partial charge in [-0.1, -0.05) is 43.5 Å². The number of hydrogen-bond acceptors (Lipinski definition) is 1. The molecular formula is C15H20ClNO. The largest absolute Gasteiger partial charge is 0.353 e. The van der Waals surface area contributed by atoms with Gasteiger partial charge in [0.15, 0.2) is 0 Å².